The summed E-state index contributed by atoms with van der Waals surface area (Å²) in [6.45, 7) is 0. The number of rotatable bonds is 4. The van der Waals surface area contributed by atoms with Crippen molar-refractivity contribution < 1.29 is 14.4 Å². The Morgan fingerprint density at radius 3 is 2.56 bits per heavy atom. The molecule has 2 aromatic carbocycles. The number of hydrogen-bond acceptors (Lipinski definition) is 3. The average Bonchev–Trinajstić information content (AvgIpc) is 2.98. The smallest absolute Gasteiger partial charge is 0.345 e. The fourth-order valence-corrected chi connectivity index (χ4v) is 2.64. The van der Waals surface area contributed by atoms with Crippen LogP contribution in [0.3, 0.4) is 0 Å². The molecule has 128 valence electrons. The lowest BCUT2D eigenvalue weighted by Gasteiger charge is -2.15. The molecule has 3 rings (SSSR count). The first kappa shape index (κ1) is 17.0. The van der Waals surface area contributed by atoms with Gasteiger partial charge in [0.25, 0.3) is 0 Å². The first-order chi connectivity index (χ1) is 12.0. The number of hydrogen-bond donors (Lipinski definition) is 2. The van der Waals surface area contributed by atoms with Gasteiger partial charge in [-0.25, -0.2) is 9.86 Å². The van der Waals surface area contributed by atoms with Gasteiger partial charge in [-0.1, -0.05) is 41.9 Å². The van der Waals surface area contributed by atoms with Gasteiger partial charge in [-0.05, 0) is 18.2 Å². The third-order valence-corrected chi connectivity index (χ3v) is 4.05. The van der Waals surface area contributed by atoms with Gasteiger partial charge in [-0.2, -0.15) is 0 Å². The van der Waals surface area contributed by atoms with Crippen molar-refractivity contribution in [3.63, 3.8) is 0 Å². The molecule has 1 aromatic heterocycles. The highest BCUT2D eigenvalue weighted by molar-refractivity contribution is 6.31. The van der Waals surface area contributed by atoms with E-state index in [1.807, 2.05) is 6.07 Å². The number of carbonyl (C=O) groups is 2. The van der Waals surface area contributed by atoms with E-state index in [0.29, 0.717) is 27.2 Å². The molecule has 0 saturated carbocycles. The lowest BCUT2D eigenvalue weighted by Crippen LogP contribution is -2.30. The van der Waals surface area contributed by atoms with Crippen LogP contribution < -0.4 is 5.32 Å². The highest BCUT2D eigenvalue weighted by Crippen LogP contribution is 2.31. The minimum absolute atomic E-state index is 0.233. The van der Waals surface area contributed by atoms with E-state index in [1.54, 1.807) is 42.5 Å². The number of carbonyl (C=O) groups excluding carboxylic acids is 2. The van der Waals surface area contributed by atoms with Crippen LogP contribution in [-0.4, -0.2) is 36.0 Å². The van der Waals surface area contributed by atoms with Gasteiger partial charge < -0.3 is 10.3 Å². The lowest BCUT2D eigenvalue weighted by molar-refractivity contribution is -0.0598. The molecule has 2 amide bonds. The molecule has 0 atom stereocenters. The Morgan fingerprint density at radius 2 is 1.88 bits per heavy atom. The Bertz CT molecular complexity index is 937. The Balaban J connectivity index is 2.11. The van der Waals surface area contributed by atoms with Crippen LogP contribution in [0.15, 0.2) is 48.5 Å². The van der Waals surface area contributed by atoms with Crippen LogP contribution >= 0.6 is 11.6 Å². The van der Waals surface area contributed by atoms with Crippen molar-refractivity contribution in [3.8, 4) is 0 Å². The van der Waals surface area contributed by atoms with E-state index in [2.05, 4.69) is 10.3 Å². The first-order valence-electron chi connectivity index (χ1n) is 7.51. The number of aromatic nitrogens is 1. The Hall–Kier alpha value is -2.83. The molecule has 0 saturated heterocycles. The number of benzene rings is 2. The lowest BCUT2D eigenvalue weighted by atomic mass is 10.1. The molecule has 6 nitrogen and oxygen atoms in total. The topological polar surface area (TPSA) is 74.4 Å². The van der Waals surface area contributed by atoms with Crippen molar-refractivity contribution in [2.75, 3.05) is 19.5 Å². The first-order valence-corrected chi connectivity index (χ1v) is 7.89. The van der Waals surface area contributed by atoms with Gasteiger partial charge in [0.2, 0.25) is 5.78 Å². The number of nitrogens with one attached hydrogen (secondary N) is 2. The monoisotopic (exact) mass is 357 g/mol. The summed E-state index contributed by atoms with van der Waals surface area (Å²) in [6.07, 6.45) is 0. The van der Waals surface area contributed by atoms with Gasteiger partial charge in [-0.15, -0.1) is 0 Å². The van der Waals surface area contributed by atoms with Crippen molar-refractivity contribution >= 4 is 40.0 Å². The number of aromatic amines is 1. The maximum Gasteiger partial charge on any atom is 0.345 e. The number of nitrogens with zero attached hydrogens (tertiary/aromatic N) is 1. The van der Waals surface area contributed by atoms with Gasteiger partial charge in [0.15, 0.2) is 0 Å². The van der Waals surface area contributed by atoms with E-state index in [4.69, 9.17) is 16.4 Å². The third-order valence-electron chi connectivity index (χ3n) is 3.82. The third kappa shape index (κ3) is 3.35. The highest BCUT2D eigenvalue weighted by Gasteiger charge is 2.22. The second kappa shape index (κ2) is 6.96. The van der Waals surface area contributed by atoms with Crippen molar-refractivity contribution in [2.45, 2.75) is 0 Å². The predicted molar refractivity (Wildman–Crippen MR) is 97.0 cm³/mol. The van der Waals surface area contributed by atoms with Crippen LogP contribution in [0, 0.1) is 0 Å². The number of anilines is 1. The second-order valence-electron chi connectivity index (χ2n) is 5.37. The SMILES string of the molecule is CON(C)C(=O)Nc1c(C(=O)c2ccccc2)[nH]c2cc(Cl)ccc12. The molecule has 0 fully saturated rings. The normalized spacial score (nSPS) is 10.7. The Labute approximate surface area is 149 Å². The van der Waals surface area contributed by atoms with Gasteiger partial charge in [0, 0.05) is 28.5 Å². The number of hydroxylamine groups is 2. The Kier molecular flexibility index (Phi) is 4.74. The zero-order valence-electron chi connectivity index (χ0n) is 13.7. The summed E-state index contributed by atoms with van der Waals surface area (Å²) < 4.78 is 0. The largest absolute Gasteiger partial charge is 0.350 e. The Morgan fingerprint density at radius 1 is 1.16 bits per heavy atom. The van der Waals surface area contributed by atoms with Gasteiger partial charge in [-0.3, -0.25) is 9.63 Å². The van der Waals surface area contributed by atoms with Gasteiger partial charge >= 0.3 is 6.03 Å². The fraction of sp³-hybridized carbons (Fsp3) is 0.111. The fourth-order valence-electron chi connectivity index (χ4n) is 2.47. The number of fused-ring (bicyclic) bond motifs is 1. The molecular weight excluding hydrogens is 342 g/mol. The maximum absolute atomic E-state index is 12.9. The summed E-state index contributed by atoms with van der Waals surface area (Å²) in [5, 5.41) is 4.96. The number of ketones is 1. The predicted octanol–water partition coefficient (Wildman–Crippen LogP) is 4.08. The molecule has 7 heteroatoms. The molecular formula is C18H16ClN3O3. The van der Waals surface area contributed by atoms with E-state index in [-0.39, 0.29) is 11.5 Å². The van der Waals surface area contributed by atoms with Crippen LogP contribution in [0.1, 0.15) is 16.1 Å². The number of halogens is 1. The van der Waals surface area contributed by atoms with Crippen molar-refractivity contribution in [2.24, 2.45) is 0 Å². The molecule has 25 heavy (non-hydrogen) atoms. The number of amides is 2. The summed E-state index contributed by atoms with van der Waals surface area (Å²) in [5.41, 5.74) is 1.83. The van der Waals surface area contributed by atoms with Crippen molar-refractivity contribution in [3.05, 3.63) is 64.8 Å². The van der Waals surface area contributed by atoms with E-state index < -0.39 is 6.03 Å². The summed E-state index contributed by atoms with van der Waals surface area (Å²) in [5.74, 6) is -0.233. The molecule has 1 heterocycles. The molecule has 0 aliphatic heterocycles. The van der Waals surface area contributed by atoms with Crippen molar-refractivity contribution in [1.82, 2.24) is 10.0 Å². The summed E-state index contributed by atoms with van der Waals surface area (Å²) in [7, 11) is 2.85. The number of urea groups is 1. The quantitative estimate of drug-likeness (QED) is 0.545. The zero-order chi connectivity index (χ0) is 18.0. The summed E-state index contributed by atoms with van der Waals surface area (Å²) in [4.78, 5) is 33.0. The number of H-pyrrole nitrogens is 1. The maximum atomic E-state index is 12.9. The van der Waals surface area contributed by atoms with E-state index >= 15 is 0 Å². The van der Waals surface area contributed by atoms with Crippen LogP contribution in [0.2, 0.25) is 5.02 Å². The second-order valence-corrected chi connectivity index (χ2v) is 5.81. The van der Waals surface area contributed by atoms with Crippen LogP contribution in [-0.2, 0) is 4.84 Å². The van der Waals surface area contributed by atoms with Gasteiger partial charge in [0.05, 0.1) is 12.8 Å². The standard InChI is InChI=1S/C18H16ClN3O3/c1-22(25-2)18(24)21-15-13-9-8-12(19)10-14(13)20-16(15)17(23)11-6-4-3-5-7-11/h3-10,20H,1-2H3,(H,21,24). The summed E-state index contributed by atoms with van der Waals surface area (Å²) >= 11 is 6.03. The molecule has 3 aromatic rings. The minimum atomic E-state index is -0.500. The molecule has 2 N–H and O–H groups in total. The average molecular weight is 358 g/mol. The minimum Gasteiger partial charge on any atom is -0.350 e. The van der Waals surface area contributed by atoms with Gasteiger partial charge in [0.1, 0.15) is 5.69 Å². The summed E-state index contributed by atoms with van der Waals surface area (Å²) in [6, 6.07) is 13.5. The molecule has 0 bridgehead atoms. The molecule has 0 aliphatic carbocycles. The van der Waals surface area contributed by atoms with E-state index in [1.165, 1.54) is 14.2 Å². The highest BCUT2D eigenvalue weighted by atomic mass is 35.5. The molecule has 0 radical (unpaired) electrons. The van der Waals surface area contributed by atoms with Crippen LogP contribution in [0.4, 0.5) is 10.5 Å². The molecule has 0 aliphatic rings. The van der Waals surface area contributed by atoms with Crippen molar-refractivity contribution in [1.29, 1.82) is 0 Å². The zero-order valence-corrected chi connectivity index (χ0v) is 14.4. The van der Waals surface area contributed by atoms with Crippen LogP contribution in [0.25, 0.3) is 10.9 Å². The molecule has 0 spiro atoms. The van der Waals surface area contributed by atoms with Crippen LogP contribution in [0.5, 0.6) is 0 Å². The van der Waals surface area contributed by atoms with E-state index in [0.717, 1.165) is 5.06 Å². The van der Waals surface area contributed by atoms with E-state index in [9.17, 15) is 9.59 Å². The molecule has 0 unspecified atom stereocenters.